The Morgan fingerprint density at radius 1 is 1.42 bits per heavy atom. The summed E-state index contributed by atoms with van der Waals surface area (Å²) in [5.74, 6) is 0.436. The molecule has 0 aliphatic rings. The fraction of sp³-hybridized carbons (Fsp3) is 0.429. The number of amides is 1. The smallest absolute Gasteiger partial charge is 0.257 e. The van der Waals surface area contributed by atoms with Crippen molar-refractivity contribution in [2.24, 2.45) is 0 Å². The largest absolute Gasteiger partial charge is 0.484 e. The van der Waals surface area contributed by atoms with Gasteiger partial charge in [0.05, 0.1) is 12.5 Å². The van der Waals surface area contributed by atoms with Crippen molar-refractivity contribution in [1.29, 1.82) is 5.26 Å². The van der Waals surface area contributed by atoms with Crippen molar-refractivity contribution in [3.05, 3.63) is 29.8 Å². The molecule has 0 aliphatic heterocycles. The van der Waals surface area contributed by atoms with E-state index >= 15 is 0 Å². The molecule has 5 heteroatoms. The first kappa shape index (κ1) is 15.0. The Bertz CT molecular complexity index is 437. The lowest BCUT2D eigenvalue weighted by Gasteiger charge is -2.11. The fourth-order valence-corrected chi connectivity index (χ4v) is 1.48. The van der Waals surface area contributed by atoms with Gasteiger partial charge in [0.1, 0.15) is 5.75 Å². The second kappa shape index (κ2) is 8.11. The molecule has 1 unspecified atom stereocenters. The van der Waals surface area contributed by atoms with Crippen LogP contribution in [0.25, 0.3) is 0 Å². The lowest BCUT2D eigenvalue weighted by Crippen LogP contribution is -2.29. The highest BCUT2D eigenvalue weighted by Gasteiger charge is 2.04. The molecule has 19 heavy (non-hydrogen) atoms. The highest BCUT2D eigenvalue weighted by molar-refractivity contribution is 5.77. The molecular weight excluding hydrogens is 242 g/mol. The van der Waals surface area contributed by atoms with Crippen LogP contribution >= 0.6 is 0 Å². The molecule has 1 rings (SSSR count). The molecule has 1 aromatic carbocycles. The molecule has 102 valence electrons. The van der Waals surface area contributed by atoms with Crippen LogP contribution in [0.1, 0.15) is 24.9 Å². The minimum absolute atomic E-state index is 0.0354. The third-order valence-corrected chi connectivity index (χ3v) is 2.74. The van der Waals surface area contributed by atoms with Crippen LogP contribution in [0.5, 0.6) is 5.75 Å². The van der Waals surface area contributed by atoms with E-state index in [1.54, 1.807) is 0 Å². The van der Waals surface area contributed by atoms with Gasteiger partial charge in [0, 0.05) is 12.6 Å². The molecule has 5 nitrogen and oxygen atoms in total. The number of nitrogens with zero attached hydrogens (tertiary/aromatic N) is 1. The van der Waals surface area contributed by atoms with Gasteiger partial charge in [0.15, 0.2) is 6.61 Å². The molecule has 1 aromatic rings. The van der Waals surface area contributed by atoms with Gasteiger partial charge in [-0.2, -0.15) is 5.26 Å². The number of hydrogen-bond acceptors (Lipinski definition) is 4. The lowest BCUT2D eigenvalue weighted by atomic mass is 10.1. The number of carbonyl (C=O) groups excluding carboxylic acids is 1. The van der Waals surface area contributed by atoms with Crippen molar-refractivity contribution in [2.45, 2.75) is 19.4 Å². The summed E-state index contributed by atoms with van der Waals surface area (Å²) in [5, 5.41) is 14.1. The number of ether oxygens (including phenoxy) is 1. The maximum Gasteiger partial charge on any atom is 0.257 e. The van der Waals surface area contributed by atoms with Gasteiger partial charge in [-0.1, -0.05) is 12.1 Å². The minimum Gasteiger partial charge on any atom is -0.484 e. The molecule has 0 radical (unpaired) electrons. The molecule has 2 N–H and O–H groups in total. The summed E-state index contributed by atoms with van der Waals surface area (Å²) >= 11 is 0. The zero-order valence-electron chi connectivity index (χ0n) is 11.3. The molecule has 0 spiro atoms. The van der Waals surface area contributed by atoms with Crippen LogP contribution in [0.2, 0.25) is 0 Å². The predicted octanol–water partition coefficient (Wildman–Crippen LogP) is 1.38. The van der Waals surface area contributed by atoms with Crippen molar-refractivity contribution in [3.63, 3.8) is 0 Å². The number of benzene rings is 1. The Labute approximate surface area is 113 Å². The first-order valence-electron chi connectivity index (χ1n) is 6.21. The summed E-state index contributed by atoms with van der Waals surface area (Å²) < 4.78 is 5.35. The molecule has 0 bridgehead atoms. The van der Waals surface area contributed by atoms with Crippen molar-refractivity contribution in [3.8, 4) is 11.8 Å². The van der Waals surface area contributed by atoms with Crippen LogP contribution in [0.4, 0.5) is 0 Å². The normalized spacial score (nSPS) is 11.4. The van der Waals surface area contributed by atoms with Gasteiger partial charge in [-0.25, -0.2) is 0 Å². The third kappa shape index (κ3) is 5.40. The molecule has 0 saturated carbocycles. The molecular formula is C14H19N3O2. The molecule has 0 aromatic heterocycles. The molecule has 0 aliphatic carbocycles. The first-order valence-corrected chi connectivity index (χ1v) is 6.21. The van der Waals surface area contributed by atoms with Crippen molar-refractivity contribution in [1.82, 2.24) is 10.6 Å². The van der Waals surface area contributed by atoms with Crippen LogP contribution in [0.15, 0.2) is 24.3 Å². The molecule has 1 atom stereocenters. The summed E-state index contributed by atoms with van der Waals surface area (Å²) in [6, 6.07) is 9.84. The van der Waals surface area contributed by atoms with Gasteiger partial charge in [-0.3, -0.25) is 4.79 Å². The zero-order valence-corrected chi connectivity index (χ0v) is 11.3. The van der Waals surface area contributed by atoms with Crippen LogP contribution < -0.4 is 15.4 Å². The summed E-state index contributed by atoms with van der Waals surface area (Å²) in [6.45, 7) is 2.39. The number of nitrogens with one attached hydrogen (secondary N) is 2. The van der Waals surface area contributed by atoms with Gasteiger partial charge in [-0.15, -0.1) is 0 Å². The van der Waals surface area contributed by atoms with E-state index in [1.807, 2.05) is 37.4 Å². The zero-order chi connectivity index (χ0) is 14.1. The van der Waals surface area contributed by atoms with Crippen LogP contribution in [-0.2, 0) is 4.79 Å². The van der Waals surface area contributed by atoms with E-state index in [0.717, 1.165) is 5.56 Å². The van der Waals surface area contributed by atoms with Gasteiger partial charge < -0.3 is 15.4 Å². The average Bonchev–Trinajstić information content (AvgIpc) is 2.45. The lowest BCUT2D eigenvalue weighted by molar-refractivity contribution is -0.123. The standard InChI is InChI=1S/C14H19N3O2/c1-11(16-2)12-4-6-13(7-5-12)19-10-14(18)17-9-3-8-15/h4-7,11,16H,3,9-10H2,1-2H3,(H,17,18). The van der Waals surface area contributed by atoms with Crippen LogP contribution in [0, 0.1) is 11.3 Å². The Kier molecular flexibility index (Phi) is 6.41. The van der Waals surface area contributed by atoms with E-state index in [4.69, 9.17) is 10.00 Å². The number of carbonyl (C=O) groups is 1. The molecule has 0 fully saturated rings. The maximum absolute atomic E-state index is 11.4. The SMILES string of the molecule is CNC(C)c1ccc(OCC(=O)NCCC#N)cc1. The Balaban J connectivity index is 2.37. The van der Waals surface area contributed by atoms with Crippen molar-refractivity contribution in [2.75, 3.05) is 20.2 Å². The average molecular weight is 261 g/mol. The number of rotatable bonds is 7. The third-order valence-electron chi connectivity index (χ3n) is 2.74. The van der Waals surface area contributed by atoms with Crippen LogP contribution in [-0.4, -0.2) is 26.1 Å². The fourth-order valence-electron chi connectivity index (χ4n) is 1.48. The van der Waals surface area contributed by atoms with Gasteiger partial charge in [0.25, 0.3) is 5.91 Å². The van der Waals surface area contributed by atoms with E-state index in [0.29, 0.717) is 18.7 Å². The van der Waals surface area contributed by atoms with Gasteiger partial charge in [0.2, 0.25) is 0 Å². The monoisotopic (exact) mass is 261 g/mol. The van der Waals surface area contributed by atoms with E-state index in [1.165, 1.54) is 0 Å². The van der Waals surface area contributed by atoms with Gasteiger partial charge >= 0.3 is 0 Å². The summed E-state index contributed by atoms with van der Waals surface area (Å²) in [6.07, 6.45) is 0.308. The van der Waals surface area contributed by atoms with Crippen molar-refractivity contribution >= 4 is 5.91 Å². The number of hydrogen-bond donors (Lipinski definition) is 2. The first-order chi connectivity index (χ1) is 9.17. The van der Waals surface area contributed by atoms with E-state index < -0.39 is 0 Å². The Hall–Kier alpha value is -2.06. The summed E-state index contributed by atoms with van der Waals surface area (Å²) in [7, 11) is 1.90. The Morgan fingerprint density at radius 2 is 2.11 bits per heavy atom. The van der Waals surface area contributed by atoms with Gasteiger partial charge in [-0.05, 0) is 31.7 Å². The highest BCUT2D eigenvalue weighted by atomic mass is 16.5. The maximum atomic E-state index is 11.4. The summed E-state index contributed by atoms with van der Waals surface area (Å²) in [5.41, 5.74) is 1.16. The molecule has 0 saturated heterocycles. The second-order valence-electron chi connectivity index (χ2n) is 4.13. The topological polar surface area (TPSA) is 74.2 Å². The molecule has 0 heterocycles. The van der Waals surface area contributed by atoms with E-state index in [2.05, 4.69) is 17.6 Å². The highest BCUT2D eigenvalue weighted by Crippen LogP contribution is 2.16. The minimum atomic E-state index is -0.220. The summed E-state index contributed by atoms with van der Waals surface area (Å²) in [4.78, 5) is 11.4. The van der Waals surface area contributed by atoms with Crippen molar-refractivity contribution < 1.29 is 9.53 Å². The second-order valence-corrected chi connectivity index (χ2v) is 4.13. The molecule has 1 amide bonds. The van der Waals surface area contributed by atoms with E-state index in [9.17, 15) is 4.79 Å². The number of nitriles is 1. The van der Waals surface area contributed by atoms with Crippen LogP contribution in [0.3, 0.4) is 0 Å². The quantitative estimate of drug-likeness (QED) is 0.727. The Morgan fingerprint density at radius 3 is 2.68 bits per heavy atom. The van der Waals surface area contributed by atoms with E-state index in [-0.39, 0.29) is 18.6 Å². The predicted molar refractivity (Wildman–Crippen MR) is 72.7 cm³/mol.